The quantitative estimate of drug-likeness (QED) is 0.537. The molecule has 10 nitrogen and oxygen atoms in total. The van der Waals surface area contributed by atoms with Crippen LogP contribution in [-0.4, -0.2) is 96.9 Å². The molecule has 1 aromatic heterocycles. The van der Waals surface area contributed by atoms with Crippen LogP contribution in [0.3, 0.4) is 0 Å². The fourth-order valence-corrected chi connectivity index (χ4v) is 5.51. The predicted molar refractivity (Wildman–Crippen MR) is 139 cm³/mol. The molecule has 0 N–H and O–H groups in total. The van der Waals surface area contributed by atoms with E-state index in [2.05, 4.69) is 4.90 Å². The topological polar surface area (TPSA) is 104 Å². The Morgan fingerprint density at radius 3 is 2.42 bits per heavy atom. The van der Waals surface area contributed by atoms with Crippen LogP contribution < -0.4 is 4.90 Å². The number of piperazine rings is 1. The van der Waals surface area contributed by atoms with Gasteiger partial charge in [-0.05, 0) is 51.0 Å². The van der Waals surface area contributed by atoms with Crippen LogP contribution in [0.4, 0.5) is 5.69 Å². The van der Waals surface area contributed by atoms with Gasteiger partial charge in [-0.25, -0.2) is 0 Å². The zero-order valence-corrected chi connectivity index (χ0v) is 22.1. The molecule has 4 heterocycles. The number of methoxy groups -OCH3 is 1. The Morgan fingerprint density at radius 2 is 1.74 bits per heavy atom. The molecule has 2 aromatic rings. The Balaban J connectivity index is 1.26. The van der Waals surface area contributed by atoms with E-state index < -0.39 is 5.60 Å². The number of imide groups is 1. The lowest BCUT2D eigenvalue weighted by Crippen LogP contribution is -2.53. The Labute approximate surface area is 222 Å². The van der Waals surface area contributed by atoms with Gasteiger partial charge in [0, 0.05) is 46.4 Å². The van der Waals surface area contributed by atoms with Gasteiger partial charge in [-0.3, -0.25) is 24.1 Å². The van der Waals surface area contributed by atoms with E-state index in [1.807, 2.05) is 24.8 Å². The molecule has 3 aliphatic heterocycles. The summed E-state index contributed by atoms with van der Waals surface area (Å²) in [7, 11) is 1.56. The first-order chi connectivity index (χ1) is 18.2. The first kappa shape index (κ1) is 26.0. The summed E-state index contributed by atoms with van der Waals surface area (Å²) in [5.74, 6) is -0.646. The number of nitrogens with zero attached hydrogens (tertiary/aromatic N) is 4. The van der Waals surface area contributed by atoms with Crippen molar-refractivity contribution >= 4 is 29.3 Å². The third kappa shape index (κ3) is 4.80. The summed E-state index contributed by atoms with van der Waals surface area (Å²) < 4.78 is 10.7. The molecule has 0 bridgehead atoms. The van der Waals surface area contributed by atoms with Gasteiger partial charge in [0.25, 0.3) is 17.7 Å². The molecule has 3 aliphatic rings. The van der Waals surface area contributed by atoms with Crippen LogP contribution in [-0.2, 0) is 9.53 Å². The molecule has 0 aliphatic carbocycles. The second-order valence-corrected chi connectivity index (χ2v) is 10.7. The number of carbonyl (C=O) groups excluding carboxylic acids is 4. The Hall–Kier alpha value is -3.66. The first-order valence-corrected chi connectivity index (χ1v) is 13.1. The molecule has 5 rings (SSSR count). The van der Waals surface area contributed by atoms with Crippen molar-refractivity contribution in [2.45, 2.75) is 32.3 Å². The van der Waals surface area contributed by atoms with E-state index in [-0.39, 0.29) is 36.1 Å². The fourth-order valence-electron chi connectivity index (χ4n) is 5.51. The van der Waals surface area contributed by atoms with E-state index in [0.29, 0.717) is 61.8 Å². The predicted octanol–water partition coefficient (Wildman–Crippen LogP) is 2.50. The van der Waals surface area contributed by atoms with Crippen LogP contribution in [0.5, 0.6) is 0 Å². The van der Waals surface area contributed by atoms with Gasteiger partial charge >= 0.3 is 0 Å². The van der Waals surface area contributed by atoms with Gasteiger partial charge in [-0.15, -0.1) is 0 Å². The molecule has 2 fully saturated rings. The second-order valence-electron chi connectivity index (χ2n) is 10.7. The van der Waals surface area contributed by atoms with Crippen molar-refractivity contribution in [3.05, 3.63) is 53.5 Å². The second kappa shape index (κ2) is 10.2. The maximum Gasteiger partial charge on any atom is 0.289 e. The largest absolute Gasteiger partial charge is 0.459 e. The van der Waals surface area contributed by atoms with Gasteiger partial charge in [0.2, 0.25) is 5.91 Å². The number of carbonyl (C=O) groups is 4. The summed E-state index contributed by atoms with van der Waals surface area (Å²) in [6, 6.07) is 8.68. The van der Waals surface area contributed by atoms with Crippen LogP contribution in [0.25, 0.3) is 0 Å². The van der Waals surface area contributed by atoms with Crippen LogP contribution in [0.2, 0.25) is 0 Å². The van der Waals surface area contributed by atoms with Crippen molar-refractivity contribution < 1.29 is 28.3 Å². The van der Waals surface area contributed by atoms with Crippen molar-refractivity contribution in [1.82, 2.24) is 14.7 Å². The smallest absolute Gasteiger partial charge is 0.289 e. The van der Waals surface area contributed by atoms with E-state index in [1.54, 1.807) is 36.3 Å². The van der Waals surface area contributed by atoms with Crippen molar-refractivity contribution in [2.75, 3.05) is 57.8 Å². The number of fused-ring (bicyclic) bond motifs is 1. The zero-order chi connectivity index (χ0) is 27.0. The first-order valence-electron chi connectivity index (χ1n) is 13.1. The van der Waals surface area contributed by atoms with Gasteiger partial charge in [0.05, 0.1) is 41.1 Å². The lowest BCUT2D eigenvalue weighted by atomic mass is 9.94. The van der Waals surface area contributed by atoms with Crippen LogP contribution in [0.15, 0.2) is 41.0 Å². The van der Waals surface area contributed by atoms with E-state index in [1.165, 1.54) is 11.2 Å². The van der Waals surface area contributed by atoms with Crippen molar-refractivity contribution in [3.8, 4) is 0 Å². The molecule has 1 atom stereocenters. The molecular formula is C28H34N4O6. The molecule has 2 saturated heterocycles. The molecule has 1 aromatic carbocycles. The number of anilines is 1. The SMILES string of the molecule is COC(C)(C)CN1C(=O)c2cccc(N3CCC[C@H](C(=O)N4CCN(C(=O)c5ccco5)CC4)C3)c2C1=O. The highest BCUT2D eigenvalue weighted by molar-refractivity contribution is 6.23. The van der Waals surface area contributed by atoms with Crippen LogP contribution in [0.1, 0.15) is 58.0 Å². The minimum Gasteiger partial charge on any atom is -0.459 e. The number of benzene rings is 1. The average Bonchev–Trinajstić information content (AvgIpc) is 3.56. The van der Waals surface area contributed by atoms with Crippen molar-refractivity contribution in [1.29, 1.82) is 0 Å². The summed E-state index contributed by atoms with van der Waals surface area (Å²) in [5.41, 5.74) is 0.834. The minimum atomic E-state index is -0.664. The molecule has 202 valence electrons. The highest BCUT2D eigenvalue weighted by Crippen LogP contribution is 2.35. The fraction of sp³-hybridized carbons (Fsp3) is 0.500. The lowest BCUT2D eigenvalue weighted by molar-refractivity contribution is -0.137. The Morgan fingerprint density at radius 1 is 1.00 bits per heavy atom. The monoisotopic (exact) mass is 522 g/mol. The summed E-state index contributed by atoms with van der Waals surface area (Å²) >= 11 is 0. The molecule has 0 saturated carbocycles. The summed E-state index contributed by atoms with van der Waals surface area (Å²) in [4.78, 5) is 59.4. The summed E-state index contributed by atoms with van der Waals surface area (Å²) in [6.45, 7) is 6.87. The summed E-state index contributed by atoms with van der Waals surface area (Å²) in [5, 5.41) is 0. The molecule has 10 heteroatoms. The Bertz CT molecular complexity index is 1230. The maximum absolute atomic E-state index is 13.5. The minimum absolute atomic E-state index is 0.0678. The van der Waals surface area contributed by atoms with E-state index in [0.717, 1.165) is 12.8 Å². The molecule has 0 radical (unpaired) electrons. The van der Waals surface area contributed by atoms with Crippen molar-refractivity contribution in [3.63, 3.8) is 0 Å². The molecule has 0 spiro atoms. The van der Waals surface area contributed by atoms with Crippen LogP contribution in [0, 0.1) is 5.92 Å². The van der Waals surface area contributed by atoms with Gasteiger partial charge in [-0.1, -0.05) is 6.07 Å². The number of hydrogen-bond acceptors (Lipinski definition) is 7. The standard InChI is InChI=1S/C28H34N4O6/c1-28(2,37-3)18-32-25(34)20-8-4-9-21(23(20)27(32)36)31-11-5-7-19(17-31)24(33)29-12-14-30(15-13-29)26(35)22-10-6-16-38-22/h4,6,8-10,16,19H,5,7,11-15,17-18H2,1-3H3/t19-/m0/s1. The number of amides is 4. The van der Waals surface area contributed by atoms with Crippen molar-refractivity contribution in [2.24, 2.45) is 5.92 Å². The normalized spacial score (nSPS) is 20.2. The number of furan rings is 1. The molecular weight excluding hydrogens is 488 g/mol. The number of hydrogen-bond donors (Lipinski definition) is 0. The Kier molecular flexibility index (Phi) is 7.00. The number of piperidine rings is 1. The molecule has 38 heavy (non-hydrogen) atoms. The lowest BCUT2D eigenvalue weighted by Gasteiger charge is -2.39. The van der Waals surface area contributed by atoms with E-state index in [4.69, 9.17) is 9.15 Å². The van der Waals surface area contributed by atoms with Gasteiger partial charge in [-0.2, -0.15) is 0 Å². The number of rotatable bonds is 6. The van der Waals surface area contributed by atoms with Gasteiger partial charge < -0.3 is 23.9 Å². The number of ether oxygens (including phenoxy) is 1. The highest BCUT2D eigenvalue weighted by atomic mass is 16.5. The highest BCUT2D eigenvalue weighted by Gasteiger charge is 2.42. The van der Waals surface area contributed by atoms with E-state index in [9.17, 15) is 19.2 Å². The third-order valence-electron chi connectivity index (χ3n) is 7.79. The molecule has 4 amide bonds. The zero-order valence-electron chi connectivity index (χ0n) is 22.1. The summed E-state index contributed by atoms with van der Waals surface area (Å²) in [6.07, 6.45) is 3.04. The van der Waals surface area contributed by atoms with Crippen LogP contribution >= 0.6 is 0 Å². The third-order valence-corrected chi connectivity index (χ3v) is 7.79. The maximum atomic E-state index is 13.5. The van der Waals surface area contributed by atoms with E-state index >= 15 is 0 Å². The average molecular weight is 523 g/mol. The van der Waals surface area contributed by atoms with Gasteiger partial charge in [0.15, 0.2) is 5.76 Å². The molecule has 0 unspecified atom stereocenters. The van der Waals surface area contributed by atoms with Gasteiger partial charge in [0.1, 0.15) is 0 Å².